The van der Waals surface area contributed by atoms with E-state index >= 15 is 0 Å². The smallest absolute Gasteiger partial charge is 0.302 e. The Bertz CT molecular complexity index is 2280. The third-order valence-corrected chi connectivity index (χ3v) is 12.1. The lowest BCUT2D eigenvalue weighted by atomic mass is 9.96. The zero-order valence-electron chi connectivity index (χ0n) is 40.1. The molecule has 0 saturated carbocycles. The number of esters is 2. The van der Waals surface area contributed by atoms with Gasteiger partial charge in [-0.2, -0.15) is 0 Å². The van der Waals surface area contributed by atoms with Crippen LogP contribution < -0.4 is 0 Å². The van der Waals surface area contributed by atoms with Crippen molar-refractivity contribution in [1.82, 2.24) is 0 Å². The molecule has 2 aliphatic heterocycles. The van der Waals surface area contributed by atoms with Gasteiger partial charge in [0.2, 0.25) is 0 Å². The minimum Gasteiger partial charge on any atom is -0.463 e. The summed E-state index contributed by atoms with van der Waals surface area (Å²) < 4.78 is 73.6. The van der Waals surface area contributed by atoms with Crippen LogP contribution in [0.5, 0.6) is 0 Å². The van der Waals surface area contributed by atoms with Crippen LogP contribution in [0.4, 0.5) is 0 Å². The summed E-state index contributed by atoms with van der Waals surface area (Å²) in [5, 5.41) is 0. The van der Waals surface area contributed by atoms with Crippen molar-refractivity contribution in [1.29, 1.82) is 0 Å². The van der Waals surface area contributed by atoms with E-state index in [4.69, 9.17) is 52.1 Å². The summed E-state index contributed by atoms with van der Waals surface area (Å²) >= 11 is 0. The van der Waals surface area contributed by atoms with Crippen molar-refractivity contribution in [3.8, 4) is 0 Å². The molecule has 0 unspecified atom stereocenters. The molecule has 0 radical (unpaired) electrons. The highest BCUT2D eigenvalue weighted by Gasteiger charge is 2.54. The molecule has 13 nitrogen and oxygen atoms in total. The lowest BCUT2D eigenvalue weighted by Gasteiger charge is -2.49. The van der Waals surface area contributed by atoms with Crippen molar-refractivity contribution in [3.05, 3.63) is 215 Å². The van der Waals surface area contributed by atoms with Crippen LogP contribution in [0, 0.1) is 0 Å². The number of ether oxygens (including phenoxy) is 11. The normalized spacial score (nSPS) is 24.2. The van der Waals surface area contributed by atoms with Crippen LogP contribution in [0.3, 0.4) is 0 Å². The summed E-state index contributed by atoms with van der Waals surface area (Å²) in [5.41, 5.74) is 5.44. The van der Waals surface area contributed by atoms with Crippen LogP contribution in [0.15, 0.2) is 182 Å². The summed E-state index contributed by atoms with van der Waals surface area (Å²) in [7, 11) is 0. The Kier molecular flexibility index (Phi) is 19.4. The molecule has 71 heavy (non-hydrogen) atoms. The van der Waals surface area contributed by atoms with E-state index in [9.17, 15) is 9.59 Å². The van der Waals surface area contributed by atoms with Crippen molar-refractivity contribution < 1.29 is 61.7 Å². The van der Waals surface area contributed by atoms with E-state index in [0.29, 0.717) is 0 Å². The standard InChI is InChI=1S/C58H62O13/c1-41(59)61-39-49-51(63-33-43-21-9-3-10-22-43)53(65-35-45-25-13-5-14-26-45)55(67-37-47-29-17-7-18-30-47)57(69-49)71-58-56(68-38-48-31-19-8-20-32-48)54(66-36-46-27-15-6-16-28-46)52(50(70-58)40-62-42(2)60)64-34-44-23-11-4-12-24-44/h3-32,49-58H,33-40H2,1-2H3/t49-,50-,51-,52-,53-,54-,55-,56-,57-,58-/m1/s1. The SMILES string of the molecule is CC(=O)OC[C@H]1O[C@H](O[C@H]2O[C@H](COC(C)=O)[C@@H](OCc3ccccc3)[C@@H](OCc3ccccc3)[C@H]2OCc2ccccc2)[C@H](OCc2ccccc2)[C@H](OCc2ccccc2)[C@@H]1OCc1ccccc1. The first-order valence-corrected chi connectivity index (χ1v) is 24.0. The summed E-state index contributed by atoms with van der Waals surface area (Å²) in [6, 6.07) is 58.6. The first kappa shape index (κ1) is 51.3. The number of benzene rings is 6. The third kappa shape index (κ3) is 15.4. The van der Waals surface area contributed by atoms with Crippen LogP contribution in [-0.4, -0.2) is 86.6 Å². The molecule has 0 aliphatic carbocycles. The van der Waals surface area contributed by atoms with Crippen molar-refractivity contribution in [3.63, 3.8) is 0 Å². The maximum absolute atomic E-state index is 12.5. The Labute approximate surface area is 415 Å². The van der Waals surface area contributed by atoms with E-state index < -0.39 is 73.4 Å². The number of rotatable bonds is 24. The summed E-state index contributed by atoms with van der Waals surface area (Å²) in [6.45, 7) is 3.32. The molecule has 6 aromatic carbocycles. The number of carbonyl (C=O) groups excluding carboxylic acids is 2. The molecule has 2 saturated heterocycles. The largest absolute Gasteiger partial charge is 0.463 e. The van der Waals surface area contributed by atoms with Gasteiger partial charge in [0, 0.05) is 13.8 Å². The first-order valence-electron chi connectivity index (χ1n) is 24.0. The second-order valence-electron chi connectivity index (χ2n) is 17.4. The van der Waals surface area contributed by atoms with Gasteiger partial charge in [0.25, 0.3) is 0 Å². The van der Waals surface area contributed by atoms with Gasteiger partial charge in [0.05, 0.1) is 39.6 Å². The Balaban J connectivity index is 1.20. The highest BCUT2D eigenvalue weighted by atomic mass is 16.8. The summed E-state index contributed by atoms with van der Waals surface area (Å²) in [5.74, 6) is -1.01. The quantitative estimate of drug-likeness (QED) is 0.0535. The number of hydrogen-bond donors (Lipinski definition) is 0. The maximum atomic E-state index is 12.5. The second-order valence-corrected chi connectivity index (χ2v) is 17.4. The molecule has 2 aliphatic rings. The molecule has 372 valence electrons. The van der Waals surface area contributed by atoms with Crippen molar-refractivity contribution in [2.45, 2.75) is 115 Å². The molecule has 6 aromatic rings. The summed E-state index contributed by atoms with van der Waals surface area (Å²) in [6.07, 6.45) is -9.82. The summed E-state index contributed by atoms with van der Waals surface area (Å²) in [4.78, 5) is 25.1. The van der Waals surface area contributed by atoms with Crippen LogP contribution in [0.2, 0.25) is 0 Å². The Hall–Kier alpha value is -6.10. The van der Waals surface area contributed by atoms with Gasteiger partial charge < -0.3 is 52.1 Å². The van der Waals surface area contributed by atoms with E-state index in [0.717, 1.165) is 33.4 Å². The number of carbonyl (C=O) groups is 2. The van der Waals surface area contributed by atoms with E-state index in [1.807, 2.05) is 182 Å². The van der Waals surface area contributed by atoms with Crippen LogP contribution >= 0.6 is 0 Å². The zero-order valence-corrected chi connectivity index (χ0v) is 40.1. The Morgan fingerprint density at radius 1 is 0.338 bits per heavy atom. The molecule has 2 fully saturated rings. The number of hydrogen-bond acceptors (Lipinski definition) is 13. The van der Waals surface area contributed by atoms with Gasteiger partial charge in [-0.05, 0) is 33.4 Å². The van der Waals surface area contributed by atoms with E-state index in [1.165, 1.54) is 13.8 Å². The van der Waals surface area contributed by atoms with Crippen molar-refractivity contribution in [2.75, 3.05) is 13.2 Å². The van der Waals surface area contributed by atoms with Crippen LogP contribution in [0.25, 0.3) is 0 Å². The molecule has 0 amide bonds. The van der Waals surface area contributed by atoms with Gasteiger partial charge in [0.15, 0.2) is 12.6 Å². The first-order chi connectivity index (χ1) is 34.9. The molecule has 0 aromatic heterocycles. The Morgan fingerprint density at radius 2 is 0.563 bits per heavy atom. The molecule has 0 spiro atoms. The molecule has 0 bridgehead atoms. The van der Waals surface area contributed by atoms with Gasteiger partial charge in [-0.1, -0.05) is 182 Å². The van der Waals surface area contributed by atoms with Gasteiger partial charge in [-0.15, -0.1) is 0 Å². The van der Waals surface area contributed by atoms with Crippen LogP contribution in [-0.2, 0) is 101 Å². The molecule has 0 N–H and O–H groups in total. The molecule has 13 heteroatoms. The second kappa shape index (κ2) is 26.9. The van der Waals surface area contributed by atoms with Crippen molar-refractivity contribution >= 4 is 11.9 Å². The lowest BCUT2D eigenvalue weighted by Crippen LogP contribution is -2.66. The molecule has 8 rings (SSSR count). The topological polar surface area (TPSA) is 136 Å². The predicted molar refractivity (Wildman–Crippen MR) is 262 cm³/mol. The highest BCUT2D eigenvalue weighted by molar-refractivity contribution is 5.66. The third-order valence-electron chi connectivity index (χ3n) is 12.1. The minimum atomic E-state index is -1.27. The van der Waals surface area contributed by atoms with E-state index in [-0.39, 0.29) is 52.9 Å². The fraction of sp³-hybridized carbons (Fsp3) is 0.345. The molecule has 2 heterocycles. The fourth-order valence-electron chi connectivity index (χ4n) is 8.51. The van der Waals surface area contributed by atoms with Gasteiger partial charge in [-0.3, -0.25) is 9.59 Å². The lowest BCUT2D eigenvalue weighted by molar-refractivity contribution is -0.393. The van der Waals surface area contributed by atoms with Gasteiger partial charge in [-0.25, -0.2) is 0 Å². The fourth-order valence-corrected chi connectivity index (χ4v) is 8.51. The molecular formula is C58H62O13. The molecular weight excluding hydrogens is 905 g/mol. The van der Waals surface area contributed by atoms with Gasteiger partial charge in [0.1, 0.15) is 62.0 Å². The zero-order chi connectivity index (χ0) is 49.0. The molecule has 10 atom stereocenters. The average Bonchev–Trinajstić information content (AvgIpc) is 3.40. The Morgan fingerprint density at radius 3 is 0.803 bits per heavy atom. The predicted octanol–water partition coefficient (Wildman–Crippen LogP) is 9.09. The van der Waals surface area contributed by atoms with Crippen LogP contribution in [0.1, 0.15) is 47.2 Å². The monoisotopic (exact) mass is 966 g/mol. The van der Waals surface area contributed by atoms with Crippen molar-refractivity contribution in [2.24, 2.45) is 0 Å². The average molecular weight is 967 g/mol. The highest BCUT2D eigenvalue weighted by Crippen LogP contribution is 2.37. The van der Waals surface area contributed by atoms with E-state index in [1.54, 1.807) is 0 Å². The minimum absolute atomic E-state index is 0.146. The van der Waals surface area contributed by atoms with Gasteiger partial charge >= 0.3 is 11.9 Å². The van der Waals surface area contributed by atoms with E-state index in [2.05, 4.69) is 0 Å². The maximum Gasteiger partial charge on any atom is 0.302 e.